The molecule has 104 valence electrons. The SMILES string of the molecule is CC(=O)OC1C(=O)N(CC2CO2)C(=O)N1CC1CO1. The zero-order chi connectivity index (χ0) is 13.6. The number of urea groups is 1. The van der Waals surface area contributed by atoms with Crippen LogP contribution in [0.1, 0.15) is 6.92 Å². The summed E-state index contributed by atoms with van der Waals surface area (Å²) in [5.74, 6) is -1.12. The summed E-state index contributed by atoms with van der Waals surface area (Å²) in [7, 11) is 0. The quantitative estimate of drug-likeness (QED) is 0.359. The largest absolute Gasteiger partial charge is 0.432 e. The Morgan fingerprint density at radius 1 is 1.26 bits per heavy atom. The summed E-state index contributed by atoms with van der Waals surface area (Å²) in [6, 6.07) is -0.456. The van der Waals surface area contributed by atoms with E-state index in [0.29, 0.717) is 13.2 Å². The lowest BCUT2D eigenvalue weighted by molar-refractivity contribution is -0.161. The lowest BCUT2D eigenvalue weighted by Gasteiger charge is -2.19. The lowest BCUT2D eigenvalue weighted by Crippen LogP contribution is -2.40. The van der Waals surface area contributed by atoms with Crippen molar-refractivity contribution < 1.29 is 28.6 Å². The highest BCUT2D eigenvalue weighted by Gasteiger charge is 2.50. The van der Waals surface area contributed by atoms with Crippen molar-refractivity contribution in [1.29, 1.82) is 0 Å². The van der Waals surface area contributed by atoms with Gasteiger partial charge in [0.2, 0.25) is 0 Å². The minimum absolute atomic E-state index is 0.0769. The van der Waals surface area contributed by atoms with Crippen molar-refractivity contribution in [1.82, 2.24) is 9.80 Å². The Morgan fingerprint density at radius 3 is 2.37 bits per heavy atom. The number of imide groups is 1. The van der Waals surface area contributed by atoms with E-state index >= 15 is 0 Å². The average molecular weight is 270 g/mol. The van der Waals surface area contributed by atoms with Crippen LogP contribution in [0.25, 0.3) is 0 Å². The van der Waals surface area contributed by atoms with Crippen LogP contribution in [0.15, 0.2) is 0 Å². The first-order chi connectivity index (χ1) is 9.06. The third-order valence-corrected chi connectivity index (χ3v) is 3.11. The number of carbonyl (C=O) groups is 3. The smallest absolute Gasteiger partial charge is 0.330 e. The van der Waals surface area contributed by atoms with E-state index < -0.39 is 24.1 Å². The molecule has 0 aliphatic carbocycles. The van der Waals surface area contributed by atoms with Crippen LogP contribution in [0.3, 0.4) is 0 Å². The number of esters is 1. The maximum atomic E-state index is 12.2. The molecule has 19 heavy (non-hydrogen) atoms. The molecule has 3 atom stereocenters. The Balaban J connectivity index is 1.74. The van der Waals surface area contributed by atoms with E-state index in [1.54, 1.807) is 0 Å². The van der Waals surface area contributed by atoms with E-state index in [2.05, 4.69) is 0 Å². The van der Waals surface area contributed by atoms with Gasteiger partial charge in [-0.2, -0.15) is 0 Å². The highest BCUT2D eigenvalue weighted by molar-refractivity contribution is 6.04. The third kappa shape index (κ3) is 2.54. The van der Waals surface area contributed by atoms with Crippen LogP contribution in [0.4, 0.5) is 4.79 Å². The van der Waals surface area contributed by atoms with Gasteiger partial charge in [-0.05, 0) is 0 Å². The minimum Gasteiger partial charge on any atom is -0.432 e. The van der Waals surface area contributed by atoms with Gasteiger partial charge in [0.05, 0.1) is 38.5 Å². The Labute approximate surface area is 109 Å². The number of nitrogens with zero attached hydrogens (tertiary/aromatic N) is 2. The van der Waals surface area contributed by atoms with Crippen molar-refractivity contribution in [3.8, 4) is 0 Å². The van der Waals surface area contributed by atoms with Crippen LogP contribution in [0.2, 0.25) is 0 Å². The summed E-state index contributed by atoms with van der Waals surface area (Å²) in [5.41, 5.74) is 0. The maximum Gasteiger partial charge on any atom is 0.330 e. The van der Waals surface area contributed by atoms with Crippen molar-refractivity contribution in [2.45, 2.75) is 25.4 Å². The van der Waals surface area contributed by atoms with Crippen LogP contribution < -0.4 is 0 Å². The van der Waals surface area contributed by atoms with Crippen molar-refractivity contribution in [2.24, 2.45) is 0 Å². The van der Waals surface area contributed by atoms with E-state index in [4.69, 9.17) is 14.2 Å². The fourth-order valence-electron chi connectivity index (χ4n) is 2.00. The van der Waals surface area contributed by atoms with Crippen LogP contribution >= 0.6 is 0 Å². The van der Waals surface area contributed by atoms with Gasteiger partial charge in [-0.25, -0.2) is 4.79 Å². The zero-order valence-corrected chi connectivity index (χ0v) is 10.4. The van der Waals surface area contributed by atoms with E-state index in [-0.39, 0.29) is 25.3 Å². The molecule has 0 aromatic heterocycles. The first kappa shape index (κ1) is 12.4. The molecule has 3 fully saturated rings. The maximum absolute atomic E-state index is 12.2. The predicted molar refractivity (Wildman–Crippen MR) is 58.8 cm³/mol. The fourth-order valence-corrected chi connectivity index (χ4v) is 2.00. The number of rotatable bonds is 5. The van der Waals surface area contributed by atoms with Gasteiger partial charge in [0.15, 0.2) is 0 Å². The minimum atomic E-state index is -1.17. The summed E-state index contributed by atoms with van der Waals surface area (Å²) < 4.78 is 15.0. The third-order valence-electron chi connectivity index (χ3n) is 3.11. The number of ether oxygens (including phenoxy) is 3. The van der Waals surface area contributed by atoms with Gasteiger partial charge < -0.3 is 14.2 Å². The second-order valence-electron chi connectivity index (χ2n) is 4.76. The number of hydrogen-bond acceptors (Lipinski definition) is 6. The van der Waals surface area contributed by atoms with Crippen molar-refractivity contribution in [3.05, 3.63) is 0 Å². The predicted octanol–water partition coefficient (Wildman–Crippen LogP) is -1.06. The van der Waals surface area contributed by atoms with Crippen molar-refractivity contribution in [2.75, 3.05) is 26.3 Å². The first-order valence-corrected chi connectivity index (χ1v) is 6.08. The topological polar surface area (TPSA) is 92.0 Å². The molecule has 0 spiro atoms. The van der Waals surface area contributed by atoms with Gasteiger partial charge >= 0.3 is 12.0 Å². The van der Waals surface area contributed by atoms with Gasteiger partial charge in [0, 0.05) is 6.92 Å². The molecular weight excluding hydrogens is 256 g/mol. The Morgan fingerprint density at radius 2 is 1.84 bits per heavy atom. The second kappa shape index (κ2) is 4.46. The molecule has 3 aliphatic rings. The normalized spacial score (nSPS) is 32.8. The molecule has 0 bridgehead atoms. The standard InChI is InChI=1S/C11H14N2O6/c1-6(14)19-10-9(15)12(2-7-4-17-7)11(16)13(10)3-8-5-18-8/h7-8,10H,2-5H2,1H3. The summed E-state index contributed by atoms with van der Waals surface area (Å²) in [6.45, 7) is 2.76. The molecule has 8 heteroatoms. The van der Waals surface area contributed by atoms with Crippen LogP contribution in [-0.4, -0.2) is 72.4 Å². The van der Waals surface area contributed by atoms with Crippen molar-refractivity contribution >= 4 is 17.9 Å². The van der Waals surface area contributed by atoms with E-state index in [0.717, 1.165) is 4.90 Å². The van der Waals surface area contributed by atoms with Crippen LogP contribution in [-0.2, 0) is 23.8 Å². The van der Waals surface area contributed by atoms with Gasteiger partial charge in [-0.1, -0.05) is 0 Å². The Bertz CT molecular complexity index is 431. The molecule has 3 aliphatic heterocycles. The highest BCUT2D eigenvalue weighted by Crippen LogP contribution is 2.24. The van der Waals surface area contributed by atoms with Crippen molar-refractivity contribution in [3.63, 3.8) is 0 Å². The summed E-state index contributed by atoms with van der Waals surface area (Å²) in [4.78, 5) is 37.6. The van der Waals surface area contributed by atoms with Gasteiger partial charge in [0.1, 0.15) is 0 Å². The molecule has 3 saturated heterocycles. The molecule has 8 nitrogen and oxygen atoms in total. The fraction of sp³-hybridized carbons (Fsp3) is 0.727. The molecule has 0 radical (unpaired) electrons. The lowest BCUT2D eigenvalue weighted by atomic mass is 10.4. The van der Waals surface area contributed by atoms with Gasteiger partial charge in [0.25, 0.3) is 12.1 Å². The molecule has 3 heterocycles. The number of amides is 3. The van der Waals surface area contributed by atoms with E-state index in [9.17, 15) is 14.4 Å². The zero-order valence-electron chi connectivity index (χ0n) is 10.4. The van der Waals surface area contributed by atoms with Gasteiger partial charge in [-0.15, -0.1) is 0 Å². The van der Waals surface area contributed by atoms with Crippen LogP contribution in [0, 0.1) is 0 Å². The molecule has 3 amide bonds. The highest BCUT2D eigenvalue weighted by atomic mass is 16.6. The van der Waals surface area contributed by atoms with E-state index in [1.165, 1.54) is 11.8 Å². The first-order valence-electron chi connectivity index (χ1n) is 6.08. The second-order valence-corrected chi connectivity index (χ2v) is 4.76. The molecule has 3 rings (SSSR count). The molecule has 0 aromatic carbocycles. The van der Waals surface area contributed by atoms with Crippen LogP contribution in [0.5, 0.6) is 0 Å². The van der Waals surface area contributed by atoms with Gasteiger partial charge in [-0.3, -0.25) is 19.4 Å². The Hall–Kier alpha value is -1.67. The number of epoxide rings is 2. The van der Waals surface area contributed by atoms with E-state index in [1.807, 2.05) is 0 Å². The monoisotopic (exact) mass is 270 g/mol. The molecule has 3 unspecified atom stereocenters. The summed E-state index contributed by atoms with van der Waals surface area (Å²) in [5, 5.41) is 0. The molecule has 0 aromatic rings. The number of hydrogen-bond donors (Lipinski definition) is 0. The molecular formula is C11H14N2O6. The molecule has 0 saturated carbocycles. The summed E-state index contributed by atoms with van der Waals surface area (Å²) in [6.07, 6.45) is -1.34. The summed E-state index contributed by atoms with van der Waals surface area (Å²) >= 11 is 0. The molecule has 0 N–H and O–H groups in total. The number of carbonyl (C=O) groups excluding carboxylic acids is 3. The Kier molecular flexibility index (Phi) is 2.90. The average Bonchev–Trinajstić information content (AvgIpc) is 3.22.